The highest BCUT2D eigenvalue weighted by Crippen LogP contribution is 2.22. The molecule has 3 aromatic rings. The van der Waals surface area contributed by atoms with Gasteiger partial charge >= 0.3 is 0 Å². The van der Waals surface area contributed by atoms with Crippen molar-refractivity contribution in [3.8, 4) is 5.75 Å². The van der Waals surface area contributed by atoms with E-state index in [2.05, 4.69) is 48.1 Å². The minimum atomic E-state index is -0.0987. The first-order chi connectivity index (χ1) is 15.5. The molecule has 0 bridgehead atoms. The van der Waals surface area contributed by atoms with E-state index in [9.17, 15) is 4.79 Å². The molecule has 1 heterocycles. The number of nitrogens with zero attached hydrogens (tertiary/aromatic N) is 3. The molecule has 168 valence electrons. The molecule has 3 rings (SSSR count). The number of hydrogen-bond donors (Lipinski definition) is 1. The lowest BCUT2D eigenvalue weighted by Gasteiger charge is -2.11. The summed E-state index contributed by atoms with van der Waals surface area (Å²) in [5.41, 5.74) is 2.05. The Morgan fingerprint density at radius 2 is 1.94 bits per heavy atom. The largest absolute Gasteiger partial charge is 0.486 e. The number of anilines is 1. The molecule has 0 aliphatic rings. The molecule has 0 saturated heterocycles. The Balaban J connectivity index is 1.57. The van der Waals surface area contributed by atoms with E-state index < -0.39 is 0 Å². The van der Waals surface area contributed by atoms with Gasteiger partial charge in [-0.3, -0.25) is 9.36 Å². The van der Waals surface area contributed by atoms with E-state index in [1.165, 1.54) is 17.3 Å². The van der Waals surface area contributed by atoms with Crippen molar-refractivity contribution >= 4 is 35.0 Å². The smallest absolute Gasteiger partial charge is 0.234 e. The molecule has 0 aliphatic carbocycles. The predicted octanol–water partition coefficient (Wildman–Crippen LogP) is 5.94. The van der Waals surface area contributed by atoms with Gasteiger partial charge in [-0.2, -0.15) is 0 Å². The maximum atomic E-state index is 12.4. The summed E-state index contributed by atoms with van der Waals surface area (Å²) in [5.74, 6) is 1.97. The lowest BCUT2D eigenvalue weighted by molar-refractivity contribution is -0.113. The van der Waals surface area contributed by atoms with Gasteiger partial charge in [0.2, 0.25) is 5.91 Å². The maximum absolute atomic E-state index is 12.4. The summed E-state index contributed by atoms with van der Waals surface area (Å²) >= 11 is 7.23. The number of aromatic nitrogens is 3. The van der Waals surface area contributed by atoms with Crippen LogP contribution in [0.15, 0.2) is 66.3 Å². The standard InChI is InChI=1S/C24H27ClN4O2S/c1-4-14-29-22(15-31-21-12-8-19(25)9-13-21)27-28-24(29)32-16-23(30)26-20-10-6-18(7-11-20)17(3)5-2/h4,6-13,17H,1,5,14-16H2,2-3H3,(H,26,30)/t17-/m0/s1. The lowest BCUT2D eigenvalue weighted by Crippen LogP contribution is -2.15. The van der Waals surface area contributed by atoms with Crippen LogP contribution in [0.1, 0.15) is 37.6 Å². The molecule has 6 nitrogen and oxygen atoms in total. The molecule has 0 unspecified atom stereocenters. The summed E-state index contributed by atoms with van der Waals surface area (Å²) in [7, 11) is 0. The van der Waals surface area contributed by atoms with Crippen LogP contribution in [0.4, 0.5) is 5.69 Å². The van der Waals surface area contributed by atoms with Crippen LogP contribution < -0.4 is 10.1 Å². The molecule has 1 N–H and O–H groups in total. The van der Waals surface area contributed by atoms with Gasteiger partial charge in [0.05, 0.1) is 5.75 Å². The number of rotatable bonds is 11. The Kier molecular flexibility index (Phi) is 8.76. The first kappa shape index (κ1) is 23.9. The minimum Gasteiger partial charge on any atom is -0.486 e. The molecule has 2 aromatic carbocycles. The number of carbonyl (C=O) groups excluding carboxylic acids is 1. The molecule has 0 radical (unpaired) electrons. The number of nitrogens with one attached hydrogen (secondary N) is 1. The number of thioether (sulfide) groups is 1. The highest BCUT2D eigenvalue weighted by Gasteiger charge is 2.14. The van der Waals surface area contributed by atoms with Crippen LogP contribution in [0.3, 0.4) is 0 Å². The zero-order valence-corrected chi connectivity index (χ0v) is 19.8. The normalized spacial score (nSPS) is 11.7. The van der Waals surface area contributed by atoms with Crippen molar-refractivity contribution in [2.24, 2.45) is 0 Å². The van der Waals surface area contributed by atoms with Crippen LogP contribution in [0.5, 0.6) is 5.75 Å². The third kappa shape index (κ3) is 6.61. The van der Waals surface area contributed by atoms with Gasteiger partial charge in [-0.15, -0.1) is 16.8 Å². The van der Waals surface area contributed by atoms with Crippen molar-refractivity contribution in [1.82, 2.24) is 14.8 Å². The van der Waals surface area contributed by atoms with E-state index in [4.69, 9.17) is 16.3 Å². The van der Waals surface area contributed by atoms with Gasteiger partial charge in [0.25, 0.3) is 0 Å². The fourth-order valence-corrected chi connectivity index (χ4v) is 3.87. The zero-order valence-electron chi connectivity index (χ0n) is 18.3. The Morgan fingerprint density at radius 1 is 1.22 bits per heavy atom. The number of benzene rings is 2. The summed E-state index contributed by atoms with van der Waals surface area (Å²) in [6.07, 6.45) is 2.85. The number of hydrogen-bond acceptors (Lipinski definition) is 5. The SMILES string of the molecule is C=CCn1c(COc2ccc(Cl)cc2)nnc1SCC(=O)Nc1ccc([C@@H](C)CC)cc1. The summed E-state index contributed by atoms with van der Waals surface area (Å²) in [5, 5.41) is 12.7. The van der Waals surface area contributed by atoms with Gasteiger partial charge in [0.15, 0.2) is 11.0 Å². The van der Waals surface area contributed by atoms with Gasteiger partial charge in [-0.05, 0) is 54.3 Å². The van der Waals surface area contributed by atoms with Crippen molar-refractivity contribution in [2.75, 3.05) is 11.1 Å². The summed E-state index contributed by atoms with van der Waals surface area (Å²) in [6.45, 7) is 8.93. The Morgan fingerprint density at radius 3 is 2.59 bits per heavy atom. The molecule has 0 fully saturated rings. The summed E-state index contributed by atoms with van der Waals surface area (Å²) in [6, 6.07) is 15.1. The van der Waals surface area contributed by atoms with Crippen LogP contribution in [0, 0.1) is 0 Å². The molecule has 0 spiro atoms. The number of halogens is 1. The Hall–Kier alpha value is -2.77. The highest BCUT2D eigenvalue weighted by atomic mass is 35.5. The second kappa shape index (κ2) is 11.7. The van der Waals surface area contributed by atoms with E-state index in [-0.39, 0.29) is 18.3 Å². The molecule has 1 atom stereocenters. The highest BCUT2D eigenvalue weighted by molar-refractivity contribution is 7.99. The Labute approximate surface area is 198 Å². The average Bonchev–Trinajstić information content (AvgIpc) is 3.19. The monoisotopic (exact) mass is 470 g/mol. The molecular formula is C24H27ClN4O2S. The van der Waals surface area contributed by atoms with Crippen molar-refractivity contribution in [1.29, 1.82) is 0 Å². The van der Waals surface area contributed by atoms with E-state index in [0.717, 1.165) is 12.1 Å². The van der Waals surface area contributed by atoms with Gasteiger partial charge in [0.1, 0.15) is 12.4 Å². The minimum absolute atomic E-state index is 0.0987. The first-order valence-corrected chi connectivity index (χ1v) is 11.8. The van der Waals surface area contributed by atoms with Crippen molar-refractivity contribution in [2.45, 2.75) is 44.5 Å². The molecular weight excluding hydrogens is 444 g/mol. The third-order valence-electron chi connectivity index (χ3n) is 4.99. The van der Waals surface area contributed by atoms with Crippen LogP contribution in [0.25, 0.3) is 0 Å². The second-order valence-electron chi connectivity index (χ2n) is 7.31. The van der Waals surface area contributed by atoms with Crippen molar-refractivity contribution < 1.29 is 9.53 Å². The molecule has 32 heavy (non-hydrogen) atoms. The lowest BCUT2D eigenvalue weighted by atomic mass is 9.99. The zero-order chi connectivity index (χ0) is 22.9. The fraction of sp³-hybridized carbons (Fsp3) is 0.292. The van der Waals surface area contributed by atoms with Crippen LogP contribution in [-0.4, -0.2) is 26.4 Å². The van der Waals surface area contributed by atoms with E-state index >= 15 is 0 Å². The molecule has 1 aromatic heterocycles. The maximum Gasteiger partial charge on any atom is 0.234 e. The number of ether oxygens (including phenoxy) is 1. The Bertz CT molecular complexity index is 1040. The van der Waals surface area contributed by atoms with E-state index in [1.54, 1.807) is 30.3 Å². The first-order valence-electron chi connectivity index (χ1n) is 10.4. The molecule has 0 aliphatic heterocycles. The average molecular weight is 471 g/mol. The van der Waals surface area contributed by atoms with Crippen molar-refractivity contribution in [3.05, 3.63) is 77.6 Å². The van der Waals surface area contributed by atoms with Crippen LogP contribution >= 0.6 is 23.4 Å². The van der Waals surface area contributed by atoms with Gasteiger partial charge in [0, 0.05) is 17.3 Å². The number of amides is 1. The van der Waals surface area contributed by atoms with E-state index in [0.29, 0.717) is 34.2 Å². The summed E-state index contributed by atoms with van der Waals surface area (Å²) in [4.78, 5) is 12.4. The fourth-order valence-electron chi connectivity index (χ4n) is 2.98. The van der Waals surface area contributed by atoms with Gasteiger partial charge in [-0.25, -0.2) is 0 Å². The third-order valence-corrected chi connectivity index (χ3v) is 6.21. The number of carbonyl (C=O) groups is 1. The van der Waals surface area contributed by atoms with E-state index in [1.807, 2.05) is 16.7 Å². The second-order valence-corrected chi connectivity index (χ2v) is 8.69. The van der Waals surface area contributed by atoms with Crippen LogP contribution in [-0.2, 0) is 17.9 Å². The summed E-state index contributed by atoms with van der Waals surface area (Å²) < 4.78 is 7.67. The molecule has 0 saturated carbocycles. The van der Waals surface area contributed by atoms with Crippen molar-refractivity contribution in [3.63, 3.8) is 0 Å². The quantitative estimate of drug-likeness (QED) is 0.277. The van der Waals surface area contributed by atoms with Gasteiger partial charge < -0.3 is 10.1 Å². The van der Waals surface area contributed by atoms with Crippen LogP contribution in [0.2, 0.25) is 5.02 Å². The number of allylic oxidation sites excluding steroid dienone is 1. The molecule has 8 heteroatoms. The molecule has 1 amide bonds. The predicted molar refractivity (Wildman–Crippen MR) is 131 cm³/mol. The topological polar surface area (TPSA) is 69.0 Å². The van der Waals surface area contributed by atoms with Gasteiger partial charge in [-0.1, -0.05) is 55.4 Å².